The minimum atomic E-state index is -4.46. The number of imidazole rings is 1. The molecule has 1 atom stereocenters. The Kier molecular flexibility index (Phi) is 5.95. The van der Waals surface area contributed by atoms with E-state index in [4.69, 9.17) is 9.47 Å². The molecule has 0 radical (unpaired) electrons. The molecule has 1 aliphatic rings. The lowest BCUT2D eigenvalue weighted by atomic mass is 10.1. The third-order valence-corrected chi connectivity index (χ3v) is 4.77. The molecular formula is C20H18F3N5O4. The molecule has 1 aliphatic heterocycles. The molecule has 9 nitrogen and oxygen atoms in total. The maximum atomic E-state index is 12.6. The molecule has 168 valence electrons. The highest BCUT2D eigenvalue weighted by Crippen LogP contribution is 2.28. The van der Waals surface area contributed by atoms with E-state index in [0.29, 0.717) is 25.4 Å². The van der Waals surface area contributed by atoms with E-state index in [1.807, 2.05) is 24.3 Å². The van der Waals surface area contributed by atoms with Crippen LogP contribution in [0.4, 0.5) is 24.7 Å². The molecule has 1 N–H and O–H groups in total. The fourth-order valence-electron chi connectivity index (χ4n) is 3.10. The van der Waals surface area contributed by atoms with Crippen molar-refractivity contribution < 1.29 is 27.6 Å². The summed E-state index contributed by atoms with van der Waals surface area (Å²) in [7, 11) is 0. The number of rotatable bonds is 7. The van der Waals surface area contributed by atoms with Crippen LogP contribution in [0.3, 0.4) is 0 Å². The van der Waals surface area contributed by atoms with E-state index in [9.17, 15) is 23.3 Å². The first kappa shape index (κ1) is 21.6. The number of ether oxygens (including phenoxy) is 2. The van der Waals surface area contributed by atoms with Crippen LogP contribution >= 0.6 is 0 Å². The first-order chi connectivity index (χ1) is 15.3. The van der Waals surface area contributed by atoms with Gasteiger partial charge >= 0.3 is 18.0 Å². The average Bonchev–Trinajstić information content (AvgIpc) is 3.20. The Morgan fingerprint density at radius 3 is 2.62 bits per heavy atom. The topological polar surface area (TPSA) is 104 Å². The number of aromatic nitrogens is 3. The number of nitrogens with one attached hydrogen (secondary N) is 1. The van der Waals surface area contributed by atoms with Crippen molar-refractivity contribution >= 4 is 11.5 Å². The van der Waals surface area contributed by atoms with Crippen molar-refractivity contribution in [2.45, 2.75) is 32.0 Å². The predicted molar refractivity (Wildman–Crippen MR) is 106 cm³/mol. The number of nitrogens with zero attached hydrogens (tertiary/aromatic N) is 4. The van der Waals surface area contributed by atoms with Gasteiger partial charge in [-0.3, -0.25) is 4.57 Å². The monoisotopic (exact) mass is 449 g/mol. The summed E-state index contributed by atoms with van der Waals surface area (Å²) in [5.74, 6) is -0.267. The SMILES string of the molecule is O=[N+]([O-])c1cn2c(n1)OC[C@@H](OCc1ccc(CNc3ccc(C(F)(F)F)nc3)cc1)C2. The molecule has 0 amide bonds. The van der Waals surface area contributed by atoms with Crippen molar-refractivity contribution in [3.63, 3.8) is 0 Å². The summed E-state index contributed by atoms with van der Waals surface area (Å²) in [6.07, 6.45) is -2.26. The number of nitro groups is 1. The first-order valence-electron chi connectivity index (χ1n) is 9.59. The van der Waals surface area contributed by atoms with Crippen molar-refractivity contribution in [3.8, 4) is 6.01 Å². The van der Waals surface area contributed by atoms with Gasteiger partial charge in [0, 0.05) is 11.5 Å². The van der Waals surface area contributed by atoms with Crippen molar-refractivity contribution in [2.75, 3.05) is 11.9 Å². The summed E-state index contributed by atoms with van der Waals surface area (Å²) in [5, 5.41) is 13.8. The number of hydrogen-bond donors (Lipinski definition) is 1. The van der Waals surface area contributed by atoms with Gasteiger partial charge in [0.1, 0.15) is 24.6 Å². The Morgan fingerprint density at radius 2 is 1.97 bits per heavy atom. The van der Waals surface area contributed by atoms with Gasteiger partial charge in [0.05, 0.1) is 25.0 Å². The second kappa shape index (κ2) is 8.83. The Balaban J connectivity index is 1.25. The molecule has 0 saturated heterocycles. The van der Waals surface area contributed by atoms with E-state index in [1.54, 1.807) is 4.57 Å². The molecule has 0 bridgehead atoms. The summed E-state index contributed by atoms with van der Waals surface area (Å²) in [4.78, 5) is 17.4. The molecule has 0 aliphatic carbocycles. The highest BCUT2D eigenvalue weighted by molar-refractivity contribution is 5.42. The van der Waals surface area contributed by atoms with Crippen LogP contribution in [0.2, 0.25) is 0 Å². The molecule has 0 saturated carbocycles. The Morgan fingerprint density at radius 1 is 1.22 bits per heavy atom. The summed E-state index contributed by atoms with van der Waals surface area (Å²) in [6.45, 7) is 1.40. The zero-order valence-electron chi connectivity index (χ0n) is 16.6. The van der Waals surface area contributed by atoms with Gasteiger partial charge in [-0.1, -0.05) is 24.3 Å². The molecular weight excluding hydrogens is 431 g/mol. The number of pyridine rings is 1. The van der Waals surface area contributed by atoms with Crippen LogP contribution in [0.1, 0.15) is 16.8 Å². The second-order valence-corrected chi connectivity index (χ2v) is 7.14. The number of hydrogen-bond acceptors (Lipinski definition) is 7. The van der Waals surface area contributed by atoms with Gasteiger partial charge in [0.25, 0.3) is 0 Å². The number of fused-ring (bicyclic) bond motifs is 1. The number of alkyl halides is 3. The summed E-state index contributed by atoms with van der Waals surface area (Å²) in [6, 6.07) is 10.0. The maximum Gasteiger partial charge on any atom is 0.433 e. The predicted octanol–water partition coefficient (Wildman–Crippen LogP) is 3.80. The van der Waals surface area contributed by atoms with Crippen LogP contribution in [-0.4, -0.2) is 32.2 Å². The van der Waals surface area contributed by atoms with E-state index >= 15 is 0 Å². The van der Waals surface area contributed by atoms with Gasteiger partial charge < -0.3 is 24.9 Å². The fourth-order valence-corrected chi connectivity index (χ4v) is 3.10. The largest absolute Gasteiger partial charge is 0.443 e. The molecule has 2 aromatic heterocycles. The van der Waals surface area contributed by atoms with Crippen molar-refractivity contribution in [1.29, 1.82) is 0 Å². The third-order valence-electron chi connectivity index (χ3n) is 4.77. The average molecular weight is 449 g/mol. The number of halogens is 3. The standard InChI is InChI=1S/C20H18F3N5O4/c21-20(22,23)17-6-5-15(8-25-17)24-7-13-1-3-14(4-2-13)11-31-16-9-27-10-18(28(29)30)26-19(27)32-12-16/h1-6,8,10,16,24H,7,9,11-12H2/t16-/m0/s1. The maximum absolute atomic E-state index is 12.6. The molecule has 0 unspecified atom stereocenters. The molecule has 1 aromatic carbocycles. The number of benzene rings is 1. The lowest BCUT2D eigenvalue weighted by molar-refractivity contribution is -0.389. The van der Waals surface area contributed by atoms with Gasteiger partial charge in [-0.05, 0) is 28.2 Å². The van der Waals surface area contributed by atoms with E-state index in [0.717, 1.165) is 23.4 Å². The van der Waals surface area contributed by atoms with Gasteiger partial charge in [-0.2, -0.15) is 13.2 Å². The minimum absolute atomic E-state index is 0.205. The van der Waals surface area contributed by atoms with Gasteiger partial charge in [-0.25, -0.2) is 4.98 Å². The van der Waals surface area contributed by atoms with Gasteiger partial charge in [0.15, 0.2) is 0 Å². The van der Waals surface area contributed by atoms with E-state index in [1.165, 1.54) is 12.3 Å². The smallest absolute Gasteiger partial charge is 0.433 e. The van der Waals surface area contributed by atoms with Crippen LogP contribution in [0.5, 0.6) is 6.01 Å². The molecule has 4 rings (SSSR count). The van der Waals surface area contributed by atoms with E-state index in [-0.39, 0.29) is 24.5 Å². The Labute approximate surface area is 180 Å². The van der Waals surface area contributed by atoms with Crippen molar-refractivity contribution in [1.82, 2.24) is 14.5 Å². The fraction of sp³-hybridized carbons (Fsp3) is 0.300. The van der Waals surface area contributed by atoms with Crippen molar-refractivity contribution in [3.05, 3.63) is 75.7 Å². The van der Waals surface area contributed by atoms with Gasteiger partial charge in [0.2, 0.25) is 0 Å². The number of anilines is 1. The van der Waals surface area contributed by atoms with Crippen molar-refractivity contribution in [2.24, 2.45) is 0 Å². The minimum Gasteiger partial charge on any atom is -0.443 e. The summed E-state index contributed by atoms with van der Waals surface area (Å²) < 4.78 is 50.5. The molecule has 32 heavy (non-hydrogen) atoms. The van der Waals surface area contributed by atoms with Crippen LogP contribution in [0, 0.1) is 10.1 Å². The summed E-state index contributed by atoms with van der Waals surface area (Å²) in [5.41, 5.74) is 1.41. The molecule has 12 heteroatoms. The Hall–Kier alpha value is -3.67. The lowest BCUT2D eigenvalue weighted by Gasteiger charge is -2.22. The zero-order valence-corrected chi connectivity index (χ0v) is 16.6. The second-order valence-electron chi connectivity index (χ2n) is 7.14. The highest BCUT2D eigenvalue weighted by Gasteiger charge is 2.32. The normalized spacial score (nSPS) is 15.7. The quantitative estimate of drug-likeness (QED) is 0.432. The van der Waals surface area contributed by atoms with Crippen LogP contribution < -0.4 is 10.1 Å². The van der Waals surface area contributed by atoms with E-state index in [2.05, 4.69) is 15.3 Å². The summed E-state index contributed by atoms with van der Waals surface area (Å²) >= 11 is 0. The highest BCUT2D eigenvalue weighted by atomic mass is 19.4. The Bertz CT molecular complexity index is 1080. The molecule has 3 aromatic rings. The third kappa shape index (κ3) is 5.14. The van der Waals surface area contributed by atoms with Crippen LogP contribution in [0.15, 0.2) is 48.8 Å². The lowest BCUT2D eigenvalue weighted by Crippen LogP contribution is -2.32. The van der Waals surface area contributed by atoms with Gasteiger partial charge in [-0.15, -0.1) is 0 Å². The van der Waals surface area contributed by atoms with E-state index < -0.39 is 16.8 Å². The first-order valence-corrected chi connectivity index (χ1v) is 9.59. The van der Waals surface area contributed by atoms with Crippen LogP contribution in [0.25, 0.3) is 0 Å². The molecule has 0 spiro atoms. The van der Waals surface area contributed by atoms with Crippen LogP contribution in [-0.2, 0) is 30.6 Å². The molecule has 3 heterocycles. The zero-order chi connectivity index (χ0) is 22.7. The molecule has 0 fully saturated rings.